The molecule has 0 bridgehead atoms. The number of hydrogen-bond donors (Lipinski definition) is 1. The molecule has 118 valence electrons. The van der Waals surface area contributed by atoms with E-state index in [1.807, 2.05) is 12.1 Å². The standard InChI is InChI=1S/C17H27FN2O/c1-3-10-19-12-15-8-4-5-11-20(15)13-14-7-6-9-16(21-2)17(14)18/h6-7,9,15,19H,3-5,8,10-13H2,1-2H3. The van der Waals surface area contributed by atoms with Crippen LogP contribution in [0.3, 0.4) is 0 Å². The first-order valence-electron chi connectivity index (χ1n) is 8.02. The molecule has 1 aliphatic heterocycles. The Hall–Kier alpha value is -1.13. The molecular formula is C17H27FN2O. The van der Waals surface area contributed by atoms with E-state index >= 15 is 0 Å². The lowest BCUT2D eigenvalue weighted by atomic mass is 10.0. The monoisotopic (exact) mass is 294 g/mol. The summed E-state index contributed by atoms with van der Waals surface area (Å²) in [6, 6.07) is 5.92. The average Bonchev–Trinajstić information content (AvgIpc) is 2.51. The van der Waals surface area contributed by atoms with Gasteiger partial charge in [0.2, 0.25) is 0 Å². The fraction of sp³-hybridized carbons (Fsp3) is 0.647. The van der Waals surface area contributed by atoms with Crippen molar-refractivity contribution < 1.29 is 9.13 Å². The van der Waals surface area contributed by atoms with Gasteiger partial charge in [-0.05, 0) is 38.4 Å². The zero-order valence-corrected chi connectivity index (χ0v) is 13.2. The van der Waals surface area contributed by atoms with Crippen LogP contribution < -0.4 is 10.1 Å². The number of halogens is 1. The van der Waals surface area contributed by atoms with Crippen molar-refractivity contribution in [3.05, 3.63) is 29.6 Å². The van der Waals surface area contributed by atoms with E-state index in [2.05, 4.69) is 17.1 Å². The number of ether oxygens (including phenoxy) is 1. The van der Waals surface area contributed by atoms with Crippen LogP contribution in [-0.4, -0.2) is 37.7 Å². The Morgan fingerprint density at radius 2 is 2.24 bits per heavy atom. The summed E-state index contributed by atoms with van der Waals surface area (Å²) >= 11 is 0. The second-order valence-electron chi connectivity index (χ2n) is 5.76. The van der Waals surface area contributed by atoms with E-state index in [0.29, 0.717) is 18.3 Å². The smallest absolute Gasteiger partial charge is 0.169 e. The molecule has 1 aliphatic rings. The Morgan fingerprint density at radius 1 is 1.38 bits per heavy atom. The van der Waals surface area contributed by atoms with Crippen molar-refractivity contribution >= 4 is 0 Å². The van der Waals surface area contributed by atoms with Crippen LogP contribution in [0.25, 0.3) is 0 Å². The van der Waals surface area contributed by atoms with Crippen LogP contribution in [0.4, 0.5) is 4.39 Å². The van der Waals surface area contributed by atoms with Crippen molar-refractivity contribution in [2.75, 3.05) is 26.7 Å². The predicted octanol–water partition coefficient (Wildman–Crippen LogP) is 3.19. The Labute approximate surface area is 127 Å². The van der Waals surface area contributed by atoms with Gasteiger partial charge in [0, 0.05) is 24.7 Å². The molecule has 1 saturated heterocycles. The molecule has 0 spiro atoms. The topological polar surface area (TPSA) is 24.5 Å². The third-order valence-electron chi connectivity index (χ3n) is 4.19. The third-order valence-corrected chi connectivity index (χ3v) is 4.19. The van der Waals surface area contributed by atoms with E-state index < -0.39 is 0 Å². The van der Waals surface area contributed by atoms with Gasteiger partial charge in [0.25, 0.3) is 0 Å². The number of rotatable bonds is 7. The molecule has 4 heteroatoms. The maximum Gasteiger partial charge on any atom is 0.169 e. The quantitative estimate of drug-likeness (QED) is 0.782. The van der Waals surface area contributed by atoms with Crippen LogP contribution >= 0.6 is 0 Å². The van der Waals surface area contributed by atoms with Gasteiger partial charge in [-0.25, -0.2) is 4.39 Å². The molecule has 0 aliphatic carbocycles. The molecule has 0 amide bonds. The lowest BCUT2D eigenvalue weighted by Crippen LogP contribution is -2.45. The molecule has 1 unspecified atom stereocenters. The van der Waals surface area contributed by atoms with E-state index in [9.17, 15) is 4.39 Å². The Kier molecular flexibility index (Phi) is 6.46. The lowest BCUT2D eigenvalue weighted by molar-refractivity contribution is 0.136. The first-order chi connectivity index (χ1) is 10.3. The number of nitrogens with zero attached hydrogens (tertiary/aromatic N) is 1. The summed E-state index contributed by atoms with van der Waals surface area (Å²) in [4.78, 5) is 2.41. The molecule has 1 N–H and O–H groups in total. The van der Waals surface area contributed by atoms with Gasteiger partial charge in [0.05, 0.1) is 7.11 Å². The highest BCUT2D eigenvalue weighted by molar-refractivity contribution is 5.31. The number of benzene rings is 1. The van der Waals surface area contributed by atoms with Gasteiger partial charge in [-0.2, -0.15) is 0 Å². The van der Waals surface area contributed by atoms with Crippen LogP contribution in [0.1, 0.15) is 38.2 Å². The van der Waals surface area contributed by atoms with Gasteiger partial charge in [-0.1, -0.05) is 25.5 Å². The van der Waals surface area contributed by atoms with Crippen LogP contribution in [0.2, 0.25) is 0 Å². The second kappa shape index (κ2) is 8.35. The molecule has 1 aromatic rings. The molecule has 1 aromatic carbocycles. The molecule has 0 radical (unpaired) electrons. The first-order valence-corrected chi connectivity index (χ1v) is 8.02. The van der Waals surface area contributed by atoms with Gasteiger partial charge in [-0.15, -0.1) is 0 Å². The average molecular weight is 294 g/mol. The SMILES string of the molecule is CCCNCC1CCCCN1Cc1cccc(OC)c1F. The van der Waals surface area contributed by atoms with Gasteiger partial charge in [-0.3, -0.25) is 4.90 Å². The van der Waals surface area contributed by atoms with E-state index in [1.165, 1.54) is 26.4 Å². The number of nitrogens with one attached hydrogen (secondary N) is 1. The van der Waals surface area contributed by atoms with E-state index in [4.69, 9.17) is 4.74 Å². The van der Waals surface area contributed by atoms with Crippen molar-refractivity contribution in [2.45, 2.75) is 45.2 Å². The maximum atomic E-state index is 14.3. The van der Waals surface area contributed by atoms with Crippen LogP contribution in [0.15, 0.2) is 18.2 Å². The highest BCUT2D eigenvalue weighted by Gasteiger charge is 2.23. The molecule has 0 aromatic heterocycles. The van der Waals surface area contributed by atoms with Crippen LogP contribution in [0, 0.1) is 5.82 Å². The van der Waals surface area contributed by atoms with Crippen molar-refractivity contribution in [3.8, 4) is 5.75 Å². The molecule has 1 heterocycles. The Balaban J connectivity index is 2.01. The van der Waals surface area contributed by atoms with Gasteiger partial charge in [0.15, 0.2) is 11.6 Å². The second-order valence-corrected chi connectivity index (χ2v) is 5.76. The van der Waals surface area contributed by atoms with E-state index in [1.54, 1.807) is 6.07 Å². The van der Waals surface area contributed by atoms with Crippen molar-refractivity contribution in [1.29, 1.82) is 0 Å². The van der Waals surface area contributed by atoms with Crippen molar-refractivity contribution in [1.82, 2.24) is 10.2 Å². The summed E-state index contributed by atoms with van der Waals surface area (Å²) < 4.78 is 19.4. The zero-order valence-electron chi connectivity index (χ0n) is 13.2. The van der Waals surface area contributed by atoms with Crippen LogP contribution in [0.5, 0.6) is 5.75 Å². The summed E-state index contributed by atoms with van der Waals surface area (Å²) in [7, 11) is 1.51. The zero-order chi connectivity index (χ0) is 15.1. The fourth-order valence-electron chi connectivity index (χ4n) is 3.00. The summed E-state index contributed by atoms with van der Waals surface area (Å²) in [5.41, 5.74) is 0.733. The fourth-order valence-corrected chi connectivity index (χ4v) is 3.00. The normalized spacial score (nSPS) is 19.7. The Bertz CT molecular complexity index is 439. The summed E-state index contributed by atoms with van der Waals surface area (Å²) in [5, 5.41) is 3.50. The molecule has 21 heavy (non-hydrogen) atoms. The number of piperidine rings is 1. The molecule has 0 saturated carbocycles. The van der Waals surface area contributed by atoms with Gasteiger partial charge < -0.3 is 10.1 Å². The summed E-state index contributed by atoms with van der Waals surface area (Å²) in [5.74, 6) is 0.121. The first kappa shape index (κ1) is 16.2. The number of hydrogen-bond acceptors (Lipinski definition) is 3. The minimum absolute atomic E-state index is 0.217. The van der Waals surface area contributed by atoms with Gasteiger partial charge >= 0.3 is 0 Å². The van der Waals surface area contributed by atoms with Crippen molar-refractivity contribution in [3.63, 3.8) is 0 Å². The minimum atomic E-state index is -0.217. The largest absolute Gasteiger partial charge is 0.494 e. The lowest BCUT2D eigenvalue weighted by Gasteiger charge is -2.36. The Morgan fingerprint density at radius 3 is 3.00 bits per heavy atom. The highest BCUT2D eigenvalue weighted by Crippen LogP contribution is 2.24. The van der Waals surface area contributed by atoms with Crippen molar-refractivity contribution in [2.24, 2.45) is 0 Å². The number of likely N-dealkylation sites (tertiary alicyclic amines) is 1. The predicted molar refractivity (Wildman–Crippen MR) is 84.2 cm³/mol. The molecular weight excluding hydrogens is 267 g/mol. The van der Waals surface area contributed by atoms with Crippen LogP contribution in [-0.2, 0) is 6.54 Å². The molecule has 2 rings (SSSR count). The maximum absolute atomic E-state index is 14.3. The minimum Gasteiger partial charge on any atom is -0.494 e. The molecule has 1 fully saturated rings. The number of methoxy groups -OCH3 is 1. The summed E-state index contributed by atoms with van der Waals surface area (Å²) in [6.45, 7) is 5.95. The van der Waals surface area contributed by atoms with E-state index in [-0.39, 0.29) is 5.82 Å². The molecule has 3 nitrogen and oxygen atoms in total. The summed E-state index contributed by atoms with van der Waals surface area (Å²) in [6.07, 6.45) is 4.82. The van der Waals surface area contributed by atoms with E-state index in [0.717, 1.165) is 31.6 Å². The molecule has 1 atom stereocenters. The third kappa shape index (κ3) is 4.42. The highest BCUT2D eigenvalue weighted by atomic mass is 19.1. The van der Waals surface area contributed by atoms with Gasteiger partial charge in [0.1, 0.15) is 0 Å².